The number of ether oxygens (including phenoxy) is 2. The highest BCUT2D eigenvalue weighted by atomic mass is 35.5. The maximum atomic E-state index is 11.8. The predicted molar refractivity (Wildman–Crippen MR) is 93.0 cm³/mol. The summed E-state index contributed by atoms with van der Waals surface area (Å²) in [6, 6.07) is 11.6. The van der Waals surface area contributed by atoms with E-state index >= 15 is 0 Å². The van der Waals surface area contributed by atoms with Crippen LogP contribution in [0.2, 0.25) is 15.1 Å². The van der Waals surface area contributed by atoms with Gasteiger partial charge in [-0.15, -0.1) is 0 Å². The first-order chi connectivity index (χ1) is 11.5. The molecule has 0 aliphatic rings. The average molecular weight is 389 g/mol. The molecule has 0 saturated carbocycles. The van der Waals surface area contributed by atoms with Crippen molar-refractivity contribution in [1.29, 1.82) is 0 Å². The third kappa shape index (κ3) is 5.60. The third-order valence-corrected chi connectivity index (χ3v) is 3.78. The molecule has 126 valence electrons. The SMILES string of the molecule is O=C(COC(=O)COc1ccccc1)Nc1cc(Cl)c(Cl)cc1Cl. The molecule has 0 atom stereocenters. The Labute approximate surface area is 153 Å². The van der Waals surface area contributed by atoms with Gasteiger partial charge in [0.05, 0.1) is 20.8 Å². The predicted octanol–water partition coefficient (Wildman–Crippen LogP) is 4.21. The van der Waals surface area contributed by atoms with Gasteiger partial charge in [0.1, 0.15) is 5.75 Å². The Balaban J connectivity index is 1.78. The zero-order valence-electron chi connectivity index (χ0n) is 12.2. The van der Waals surface area contributed by atoms with Gasteiger partial charge in [0.25, 0.3) is 5.91 Å². The Morgan fingerprint density at radius 3 is 2.29 bits per heavy atom. The van der Waals surface area contributed by atoms with Gasteiger partial charge < -0.3 is 14.8 Å². The van der Waals surface area contributed by atoms with Gasteiger partial charge >= 0.3 is 5.97 Å². The fraction of sp³-hybridized carbons (Fsp3) is 0.125. The van der Waals surface area contributed by atoms with Crippen molar-refractivity contribution in [3.8, 4) is 5.75 Å². The van der Waals surface area contributed by atoms with E-state index in [1.54, 1.807) is 24.3 Å². The zero-order chi connectivity index (χ0) is 17.5. The van der Waals surface area contributed by atoms with Crippen LogP contribution < -0.4 is 10.1 Å². The van der Waals surface area contributed by atoms with Crippen LogP contribution in [0, 0.1) is 0 Å². The molecule has 0 aliphatic heterocycles. The van der Waals surface area contributed by atoms with Gasteiger partial charge in [0, 0.05) is 0 Å². The minimum Gasteiger partial charge on any atom is -0.482 e. The van der Waals surface area contributed by atoms with Crippen LogP contribution in [-0.4, -0.2) is 25.1 Å². The molecule has 0 heterocycles. The number of benzene rings is 2. The van der Waals surface area contributed by atoms with Gasteiger partial charge in [-0.25, -0.2) is 4.79 Å². The number of nitrogens with one attached hydrogen (secondary N) is 1. The first-order valence-electron chi connectivity index (χ1n) is 6.73. The standard InChI is InChI=1S/C16H12Cl3NO4/c17-11-6-13(19)14(7-12(11)18)20-15(21)8-24-16(22)9-23-10-4-2-1-3-5-10/h1-7H,8-9H2,(H,20,21). The number of esters is 1. The Bertz CT molecular complexity index is 738. The molecule has 1 N–H and O–H groups in total. The first kappa shape index (κ1) is 18.4. The van der Waals surface area contributed by atoms with Crippen molar-refractivity contribution in [2.75, 3.05) is 18.5 Å². The summed E-state index contributed by atoms with van der Waals surface area (Å²) in [5.74, 6) is -0.709. The van der Waals surface area contributed by atoms with E-state index in [9.17, 15) is 9.59 Å². The van der Waals surface area contributed by atoms with Crippen LogP contribution in [0.25, 0.3) is 0 Å². The van der Waals surface area contributed by atoms with E-state index in [1.807, 2.05) is 6.07 Å². The van der Waals surface area contributed by atoms with E-state index in [2.05, 4.69) is 5.32 Å². The summed E-state index contributed by atoms with van der Waals surface area (Å²) in [5, 5.41) is 3.20. The molecular formula is C16H12Cl3NO4. The molecule has 5 nitrogen and oxygen atoms in total. The van der Waals surface area contributed by atoms with Gasteiger partial charge in [-0.2, -0.15) is 0 Å². The second-order valence-corrected chi connectivity index (χ2v) is 5.78. The molecule has 2 aromatic carbocycles. The number of rotatable bonds is 6. The summed E-state index contributed by atoms with van der Waals surface area (Å²) in [7, 11) is 0. The van der Waals surface area contributed by atoms with Gasteiger partial charge in [0.15, 0.2) is 13.2 Å². The van der Waals surface area contributed by atoms with E-state index < -0.39 is 18.5 Å². The quantitative estimate of drug-likeness (QED) is 0.595. The van der Waals surface area contributed by atoms with Gasteiger partial charge in [-0.1, -0.05) is 53.0 Å². The van der Waals surface area contributed by atoms with Crippen molar-refractivity contribution in [2.24, 2.45) is 0 Å². The Morgan fingerprint density at radius 2 is 1.58 bits per heavy atom. The van der Waals surface area contributed by atoms with Crippen molar-refractivity contribution >= 4 is 52.4 Å². The maximum Gasteiger partial charge on any atom is 0.344 e. The summed E-state index contributed by atoms with van der Waals surface area (Å²) in [5.41, 5.74) is 0.271. The molecule has 24 heavy (non-hydrogen) atoms. The lowest BCUT2D eigenvalue weighted by molar-refractivity contribution is -0.149. The summed E-state index contributed by atoms with van der Waals surface area (Å²) in [6.07, 6.45) is 0. The highest BCUT2D eigenvalue weighted by Crippen LogP contribution is 2.32. The molecule has 8 heteroatoms. The molecule has 0 aliphatic carbocycles. The van der Waals surface area contributed by atoms with E-state index in [0.29, 0.717) is 5.75 Å². The van der Waals surface area contributed by atoms with Gasteiger partial charge in [-0.05, 0) is 24.3 Å². The van der Waals surface area contributed by atoms with E-state index in [4.69, 9.17) is 44.3 Å². The van der Waals surface area contributed by atoms with Crippen LogP contribution in [-0.2, 0) is 14.3 Å². The number of anilines is 1. The molecule has 2 rings (SSSR count). The lowest BCUT2D eigenvalue weighted by Crippen LogP contribution is -2.23. The first-order valence-corrected chi connectivity index (χ1v) is 7.87. The lowest BCUT2D eigenvalue weighted by Gasteiger charge is -2.10. The second-order valence-electron chi connectivity index (χ2n) is 4.56. The molecular weight excluding hydrogens is 377 g/mol. The average Bonchev–Trinajstić information content (AvgIpc) is 2.57. The summed E-state index contributed by atoms with van der Waals surface area (Å²) in [4.78, 5) is 23.3. The minimum atomic E-state index is -0.672. The van der Waals surface area contributed by atoms with E-state index in [1.165, 1.54) is 12.1 Å². The van der Waals surface area contributed by atoms with Crippen molar-refractivity contribution in [3.05, 3.63) is 57.5 Å². The van der Waals surface area contributed by atoms with Crippen LogP contribution >= 0.6 is 34.8 Å². The Hall–Kier alpha value is -1.95. The Morgan fingerprint density at radius 1 is 0.917 bits per heavy atom. The zero-order valence-corrected chi connectivity index (χ0v) is 14.5. The molecule has 0 aromatic heterocycles. The molecule has 0 bridgehead atoms. The van der Waals surface area contributed by atoms with Crippen molar-refractivity contribution in [2.45, 2.75) is 0 Å². The molecule has 0 spiro atoms. The van der Waals surface area contributed by atoms with Crippen LogP contribution in [0.3, 0.4) is 0 Å². The van der Waals surface area contributed by atoms with Crippen molar-refractivity contribution in [1.82, 2.24) is 0 Å². The van der Waals surface area contributed by atoms with E-state index in [-0.39, 0.29) is 27.4 Å². The van der Waals surface area contributed by atoms with Gasteiger partial charge in [0.2, 0.25) is 0 Å². The number of halogens is 3. The Kier molecular flexibility index (Phi) is 6.73. The summed E-state index contributed by atoms with van der Waals surface area (Å²) >= 11 is 17.6. The summed E-state index contributed by atoms with van der Waals surface area (Å²) < 4.78 is 10.0. The van der Waals surface area contributed by atoms with Crippen LogP contribution in [0.15, 0.2) is 42.5 Å². The second kappa shape index (κ2) is 8.78. The molecule has 0 fully saturated rings. The fourth-order valence-corrected chi connectivity index (χ4v) is 2.25. The fourth-order valence-electron chi connectivity index (χ4n) is 1.65. The molecule has 0 radical (unpaired) electrons. The number of amides is 1. The van der Waals surface area contributed by atoms with Crippen molar-refractivity contribution in [3.63, 3.8) is 0 Å². The molecule has 0 saturated heterocycles. The minimum absolute atomic E-state index is 0.219. The normalized spacial score (nSPS) is 10.1. The molecule has 1 amide bonds. The maximum absolute atomic E-state index is 11.8. The number of para-hydroxylation sites is 1. The summed E-state index contributed by atoms with van der Waals surface area (Å²) in [6.45, 7) is -0.779. The monoisotopic (exact) mass is 387 g/mol. The van der Waals surface area contributed by atoms with Crippen molar-refractivity contribution < 1.29 is 19.1 Å². The molecule has 0 unspecified atom stereocenters. The van der Waals surface area contributed by atoms with E-state index in [0.717, 1.165) is 0 Å². The lowest BCUT2D eigenvalue weighted by atomic mass is 10.3. The van der Waals surface area contributed by atoms with Gasteiger partial charge in [-0.3, -0.25) is 4.79 Å². The third-order valence-electron chi connectivity index (χ3n) is 2.75. The van der Waals surface area contributed by atoms with Crippen LogP contribution in [0.5, 0.6) is 5.75 Å². The number of hydrogen-bond donors (Lipinski definition) is 1. The highest BCUT2D eigenvalue weighted by molar-refractivity contribution is 6.44. The van der Waals surface area contributed by atoms with Crippen LogP contribution in [0.4, 0.5) is 5.69 Å². The smallest absolute Gasteiger partial charge is 0.344 e. The number of carbonyl (C=O) groups is 2. The highest BCUT2D eigenvalue weighted by Gasteiger charge is 2.12. The molecule has 2 aromatic rings. The van der Waals surface area contributed by atoms with Crippen LogP contribution in [0.1, 0.15) is 0 Å². The largest absolute Gasteiger partial charge is 0.482 e. The number of carbonyl (C=O) groups excluding carboxylic acids is 2. The topological polar surface area (TPSA) is 64.6 Å². The number of hydrogen-bond acceptors (Lipinski definition) is 4.